The topological polar surface area (TPSA) is 54.5 Å². The van der Waals surface area contributed by atoms with Crippen molar-refractivity contribution >= 4 is 44.1 Å². The number of carbonyl (C=O) groups excluding carboxylic acids is 1. The third-order valence-corrected chi connectivity index (χ3v) is 6.47. The van der Waals surface area contributed by atoms with Crippen LogP contribution in [-0.2, 0) is 4.74 Å². The van der Waals surface area contributed by atoms with Crippen molar-refractivity contribution in [2.45, 2.75) is 6.42 Å². The Bertz CT molecular complexity index is 969. The molecule has 28 heavy (non-hydrogen) atoms. The maximum atomic E-state index is 12.9. The van der Waals surface area contributed by atoms with Crippen molar-refractivity contribution in [1.29, 1.82) is 0 Å². The van der Waals surface area contributed by atoms with E-state index in [1.165, 1.54) is 0 Å². The Morgan fingerprint density at radius 3 is 2.82 bits per heavy atom. The predicted octanol–water partition coefficient (Wildman–Crippen LogP) is 4.18. The first-order chi connectivity index (χ1) is 13.7. The van der Waals surface area contributed by atoms with Crippen molar-refractivity contribution in [2.24, 2.45) is 0 Å². The van der Waals surface area contributed by atoms with Crippen molar-refractivity contribution in [3.63, 3.8) is 0 Å². The maximum Gasteiger partial charge on any atom is 0.252 e. The Kier molecular flexibility index (Phi) is 6.36. The molecule has 0 aliphatic carbocycles. The number of aromatic nitrogens is 1. The lowest BCUT2D eigenvalue weighted by molar-refractivity contribution is 0.0374. The third kappa shape index (κ3) is 4.60. The Hall–Kier alpha value is -1.80. The molecule has 0 spiro atoms. The number of rotatable bonds is 6. The van der Waals surface area contributed by atoms with Crippen LogP contribution in [0, 0.1) is 0 Å². The van der Waals surface area contributed by atoms with E-state index >= 15 is 0 Å². The summed E-state index contributed by atoms with van der Waals surface area (Å²) in [5.74, 6) is -0.0440. The van der Waals surface area contributed by atoms with Gasteiger partial charge in [-0.05, 0) is 53.2 Å². The molecule has 1 aliphatic heterocycles. The molecule has 7 heteroatoms. The number of hydrogen-bond acceptors (Lipinski definition) is 5. The Morgan fingerprint density at radius 1 is 1.21 bits per heavy atom. The first-order valence-electron chi connectivity index (χ1n) is 9.44. The van der Waals surface area contributed by atoms with Crippen LogP contribution in [-0.4, -0.2) is 55.2 Å². The molecule has 146 valence electrons. The number of benzene rings is 1. The van der Waals surface area contributed by atoms with Crippen molar-refractivity contribution in [1.82, 2.24) is 15.2 Å². The van der Waals surface area contributed by atoms with Gasteiger partial charge in [0, 0.05) is 25.0 Å². The van der Waals surface area contributed by atoms with E-state index < -0.39 is 0 Å². The molecular weight excluding hydrogens is 438 g/mol. The second-order valence-corrected chi connectivity index (χ2v) is 9.20. The van der Waals surface area contributed by atoms with E-state index in [-0.39, 0.29) is 5.91 Å². The smallest absolute Gasteiger partial charge is 0.252 e. The summed E-state index contributed by atoms with van der Waals surface area (Å²) in [5.41, 5.74) is 2.34. The van der Waals surface area contributed by atoms with Crippen LogP contribution in [0.5, 0.6) is 0 Å². The van der Waals surface area contributed by atoms with Crippen LogP contribution in [0.2, 0.25) is 0 Å². The fourth-order valence-electron chi connectivity index (χ4n) is 3.37. The number of nitrogens with zero attached hydrogens (tertiary/aromatic N) is 2. The molecule has 1 N–H and O–H groups in total. The largest absolute Gasteiger partial charge is 0.379 e. The summed E-state index contributed by atoms with van der Waals surface area (Å²) >= 11 is 5.11. The highest BCUT2D eigenvalue weighted by Crippen LogP contribution is 2.32. The minimum absolute atomic E-state index is 0.0440. The molecule has 1 aliphatic rings. The number of carbonyl (C=O) groups is 1. The van der Waals surface area contributed by atoms with Crippen LogP contribution in [0.3, 0.4) is 0 Å². The van der Waals surface area contributed by atoms with Crippen LogP contribution in [0.4, 0.5) is 0 Å². The van der Waals surface area contributed by atoms with E-state index in [0.717, 1.165) is 64.5 Å². The highest BCUT2D eigenvalue weighted by molar-refractivity contribution is 9.11. The standard InChI is InChI=1S/C21H22BrN3O2S/c22-20-7-6-19(28-20)18-14-16(15-4-1-2-5-17(15)24-18)21(26)23-8-3-9-25-10-12-27-13-11-25/h1-2,4-7,14H,3,8-13H2,(H,23,26). The van der Waals surface area contributed by atoms with Crippen LogP contribution < -0.4 is 5.32 Å². The van der Waals surface area contributed by atoms with Gasteiger partial charge in [0.2, 0.25) is 0 Å². The first-order valence-corrected chi connectivity index (χ1v) is 11.1. The molecule has 0 radical (unpaired) electrons. The van der Waals surface area contributed by atoms with Gasteiger partial charge in [-0.2, -0.15) is 0 Å². The SMILES string of the molecule is O=C(NCCCN1CCOCC1)c1cc(-c2ccc(Br)s2)nc2ccccc12. The number of fused-ring (bicyclic) bond motifs is 1. The Morgan fingerprint density at radius 2 is 2.04 bits per heavy atom. The van der Waals surface area contributed by atoms with Crippen LogP contribution in [0.15, 0.2) is 46.3 Å². The highest BCUT2D eigenvalue weighted by Gasteiger charge is 2.15. The lowest BCUT2D eigenvalue weighted by atomic mass is 10.1. The van der Waals surface area contributed by atoms with E-state index in [9.17, 15) is 4.79 Å². The zero-order chi connectivity index (χ0) is 19.3. The molecule has 3 aromatic rings. The van der Waals surface area contributed by atoms with Gasteiger partial charge in [-0.3, -0.25) is 9.69 Å². The number of morpholine rings is 1. The monoisotopic (exact) mass is 459 g/mol. The number of ether oxygens (including phenoxy) is 1. The molecule has 1 fully saturated rings. The number of halogens is 1. The minimum Gasteiger partial charge on any atom is -0.379 e. The molecule has 4 rings (SSSR count). The van der Waals surface area contributed by atoms with Gasteiger partial charge < -0.3 is 10.1 Å². The number of thiophene rings is 1. The Balaban J connectivity index is 1.49. The zero-order valence-corrected chi connectivity index (χ0v) is 17.9. The Labute approximate surface area is 176 Å². The normalized spacial score (nSPS) is 15.0. The molecule has 1 aromatic carbocycles. The predicted molar refractivity (Wildman–Crippen MR) is 117 cm³/mol. The summed E-state index contributed by atoms with van der Waals surface area (Å²) < 4.78 is 6.42. The second-order valence-electron chi connectivity index (χ2n) is 6.74. The lowest BCUT2D eigenvalue weighted by Crippen LogP contribution is -2.38. The summed E-state index contributed by atoms with van der Waals surface area (Å²) in [4.78, 5) is 21.1. The highest BCUT2D eigenvalue weighted by atomic mass is 79.9. The van der Waals surface area contributed by atoms with Crippen molar-refractivity contribution in [3.8, 4) is 10.6 Å². The van der Waals surface area contributed by atoms with Crippen molar-refractivity contribution < 1.29 is 9.53 Å². The third-order valence-electron chi connectivity index (χ3n) is 4.83. The van der Waals surface area contributed by atoms with E-state index in [0.29, 0.717) is 12.1 Å². The van der Waals surface area contributed by atoms with Gasteiger partial charge in [-0.25, -0.2) is 4.98 Å². The fourth-order valence-corrected chi connectivity index (χ4v) is 4.71. The van der Waals surface area contributed by atoms with Gasteiger partial charge >= 0.3 is 0 Å². The van der Waals surface area contributed by atoms with E-state index in [4.69, 9.17) is 9.72 Å². The number of pyridine rings is 1. The molecule has 0 atom stereocenters. The molecule has 0 unspecified atom stereocenters. The zero-order valence-electron chi connectivity index (χ0n) is 15.5. The summed E-state index contributed by atoms with van der Waals surface area (Å²) in [5, 5.41) is 3.97. The number of hydrogen-bond donors (Lipinski definition) is 1. The molecular formula is C21H22BrN3O2S. The van der Waals surface area contributed by atoms with E-state index in [1.807, 2.05) is 42.5 Å². The lowest BCUT2D eigenvalue weighted by Gasteiger charge is -2.26. The van der Waals surface area contributed by atoms with Gasteiger partial charge in [0.1, 0.15) is 0 Å². The van der Waals surface area contributed by atoms with Gasteiger partial charge in [0.05, 0.1) is 38.7 Å². The molecule has 5 nitrogen and oxygen atoms in total. The van der Waals surface area contributed by atoms with Gasteiger partial charge in [-0.1, -0.05) is 18.2 Å². The molecule has 0 saturated carbocycles. The maximum absolute atomic E-state index is 12.9. The van der Waals surface area contributed by atoms with Gasteiger partial charge in [0.25, 0.3) is 5.91 Å². The average Bonchev–Trinajstić information content (AvgIpc) is 3.17. The summed E-state index contributed by atoms with van der Waals surface area (Å²) in [7, 11) is 0. The fraction of sp³-hybridized carbons (Fsp3) is 0.333. The van der Waals surface area contributed by atoms with Gasteiger partial charge in [0.15, 0.2) is 0 Å². The molecule has 2 aromatic heterocycles. The van der Waals surface area contributed by atoms with E-state index in [1.54, 1.807) is 11.3 Å². The quantitative estimate of drug-likeness (QED) is 0.561. The molecule has 1 amide bonds. The number of para-hydroxylation sites is 1. The minimum atomic E-state index is -0.0440. The van der Waals surface area contributed by atoms with Crippen molar-refractivity contribution in [2.75, 3.05) is 39.4 Å². The van der Waals surface area contributed by atoms with Crippen LogP contribution in [0.1, 0.15) is 16.8 Å². The summed E-state index contributed by atoms with van der Waals surface area (Å²) in [6, 6.07) is 13.7. The van der Waals surface area contributed by atoms with Crippen LogP contribution >= 0.6 is 27.3 Å². The van der Waals surface area contributed by atoms with E-state index in [2.05, 4.69) is 26.1 Å². The molecule has 0 bridgehead atoms. The van der Waals surface area contributed by atoms with Gasteiger partial charge in [-0.15, -0.1) is 11.3 Å². The summed E-state index contributed by atoms with van der Waals surface area (Å²) in [6.07, 6.45) is 0.930. The first kappa shape index (κ1) is 19.5. The number of amides is 1. The molecule has 3 heterocycles. The number of nitrogens with one attached hydrogen (secondary N) is 1. The van der Waals surface area contributed by atoms with Crippen molar-refractivity contribution in [3.05, 3.63) is 51.8 Å². The average molecular weight is 460 g/mol. The van der Waals surface area contributed by atoms with Crippen LogP contribution in [0.25, 0.3) is 21.5 Å². The second kappa shape index (κ2) is 9.13. The summed E-state index contributed by atoms with van der Waals surface area (Å²) in [6.45, 7) is 5.20. The molecule has 1 saturated heterocycles.